The van der Waals surface area contributed by atoms with Crippen LogP contribution in [0.25, 0.3) is 5.69 Å². The first-order valence-corrected chi connectivity index (χ1v) is 7.25. The molecule has 1 aromatic heterocycles. The first kappa shape index (κ1) is 11.0. The molecule has 0 unspecified atom stereocenters. The maximum atomic E-state index is 5.35. The molecule has 0 saturated heterocycles. The highest BCUT2D eigenvalue weighted by molar-refractivity contribution is 7.98. The van der Waals surface area contributed by atoms with Gasteiger partial charge in [-0.2, -0.15) is 5.10 Å². The lowest BCUT2D eigenvalue weighted by molar-refractivity contribution is 0.858. The zero-order valence-electron chi connectivity index (χ0n) is 9.51. The van der Waals surface area contributed by atoms with Gasteiger partial charge in [0.15, 0.2) is 4.77 Å². The van der Waals surface area contributed by atoms with Crippen LogP contribution in [0.4, 0.5) is 0 Å². The predicted octanol–water partition coefficient (Wildman–Crippen LogP) is 3.53. The molecule has 1 aliphatic carbocycles. The van der Waals surface area contributed by atoms with Crippen LogP contribution in [0, 0.1) is 4.77 Å². The van der Waals surface area contributed by atoms with E-state index in [-0.39, 0.29) is 0 Å². The molecule has 0 bridgehead atoms. The summed E-state index contributed by atoms with van der Waals surface area (Å²) in [4.78, 5) is 1.23. The van der Waals surface area contributed by atoms with Gasteiger partial charge in [0.05, 0.1) is 5.69 Å². The smallest absolute Gasteiger partial charge is 0.199 e. The minimum atomic E-state index is 0.581. The van der Waals surface area contributed by atoms with Gasteiger partial charge in [-0.25, -0.2) is 0 Å². The normalized spacial score (nSPS) is 15.1. The zero-order valence-corrected chi connectivity index (χ0v) is 11.1. The average Bonchev–Trinajstić information content (AvgIpc) is 3.13. The lowest BCUT2D eigenvalue weighted by Crippen LogP contribution is -2.01. The predicted molar refractivity (Wildman–Crippen MR) is 72.5 cm³/mol. The molecule has 0 atom stereocenters. The first-order chi connectivity index (χ1) is 8.31. The second kappa shape index (κ2) is 4.31. The SMILES string of the molecule is CSc1ccccc1-n1c(C2CC2)n[nH]c1=S. The Morgan fingerprint density at radius 2 is 2.18 bits per heavy atom. The van der Waals surface area contributed by atoms with Crippen LogP contribution in [-0.2, 0) is 0 Å². The van der Waals surface area contributed by atoms with Crippen LogP contribution in [0.15, 0.2) is 29.2 Å². The fraction of sp³-hybridized carbons (Fsp3) is 0.333. The Morgan fingerprint density at radius 3 is 2.88 bits per heavy atom. The van der Waals surface area contributed by atoms with Crippen molar-refractivity contribution in [1.29, 1.82) is 0 Å². The van der Waals surface area contributed by atoms with Crippen LogP contribution in [0.1, 0.15) is 24.6 Å². The van der Waals surface area contributed by atoms with Gasteiger partial charge >= 0.3 is 0 Å². The van der Waals surface area contributed by atoms with Crippen molar-refractivity contribution in [3.8, 4) is 5.69 Å². The van der Waals surface area contributed by atoms with Gasteiger partial charge in [0.25, 0.3) is 0 Å². The maximum absolute atomic E-state index is 5.35. The number of aromatic nitrogens is 3. The standard InChI is InChI=1S/C12H13N3S2/c1-17-10-5-3-2-4-9(10)15-11(8-6-7-8)13-14-12(15)16/h2-5,8H,6-7H2,1H3,(H,14,16). The van der Waals surface area contributed by atoms with Gasteiger partial charge in [0.1, 0.15) is 5.82 Å². The van der Waals surface area contributed by atoms with Crippen LogP contribution in [0.3, 0.4) is 0 Å². The van der Waals surface area contributed by atoms with Crippen LogP contribution < -0.4 is 0 Å². The van der Waals surface area contributed by atoms with Crippen molar-refractivity contribution in [1.82, 2.24) is 14.8 Å². The Morgan fingerprint density at radius 1 is 1.41 bits per heavy atom. The molecule has 1 N–H and O–H groups in total. The van der Waals surface area contributed by atoms with E-state index in [1.165, 1.54) is 17.7 Å². The van der Waals surface area contributed by atoms with Crippen molar-refractivity contribution >= 4 is 24.0 Å². The molecular formula is C12H13N3S2. The summed E-state index contributed by atoms with van der Waals surface area (Å²) in [5, 5.41) is 7.28. The minimum absolute atomic E-state index is 0.581. The fourth-order valence-electron chi connectivity index (χ4n) is 1.97. The van der Waals surface area contributed by atoms with E-state index < -0.39 is 0 Å². The second-order valence-electron chi connectivity index (χ2n) is 4.17. The number of aromatic amines is 1. The number of benzene rings is 1. The largest absolute Gasteiger partial charge is 0.271 e. The van der Waals surface area contributed by atoms with Crippen molar-refractivity contribution in [3.05, 3.63) is 34.9 Å². The van der Waals surface area contributed by atoms with Gasteiger partial charge in [-0.1, -0.05) is 12.1 Å². The van der Waals surface area contributed by atoms with E-state index in [2.05, 4.69) is 39.2 Å². The number of H-pyrrole nitrogens is 1. The molecule has 88 valence electrons. The van der Waals surface area contributed by atoms with Crippen LogP contribution in [0.5, 0.6) is 0 Å². The number of hydrogen-bond donors (Lipinski definition) is 1. The van der Waals surface area contributed by atoms with E-state index in [4.69, 9.17) is 12.2 Å². The van der Waals surface area contributed by atoms with Crippen LogP contribution >= 0.6 is 24.0 Å². The van der Waals surface area contributed by atoms with Gasteiger partial charge in [-0.05, 0) is 43.4 Å². The van der Waals surface area contributed by atoms with Gasteiger partial charge in [-0.3, -0.25) is 9.67 Å². The number of nitrogens with zero attached hydrogens (tertiary/aromatic N) is 2. The van der Waals surface area contributed by atoms with Crippen molar-refractivity contribution in [3.63, 3.8) is 0 Å². The molecule has 0 aliphatic heterocycles. The molecule has 1 saturated carbocycles. The second-order valence-corrected chi connectivity index (χ2v) is 5.40. The van der Waals surface area contributed by atoms with Crippen LogP contribution in [-0.4, -0.2) is 21.0 Å². The highest BCUT2D eigenvalue weighted by Crippen LogP contribution is 2.40. The highest BCUT2D eigenvalue weighted by atomic mass is 32.2. The summed E-state index contributed by atoms with van der Waals surface area (Å²) in [6, 6.07) is 8.31. The maximum Gasteiger partial charge on any atom is 0.199 e. The Labute approximate surface area is 109 Å². The molecule has 0 spiro atoms. The van der Waals surface area contributed by atoms with Gasteiger partial charge in [-0.15, -0.1) is 11.8 Å². The number of thioether (sulfide) groups is 1. The zero-order chi connectivity index (χ0) is 11.8. The quantitative estimate of drug-likeness (QED) is 0.679. The van der Waals surface area contributed by atoms with E-state index in [0.717, 1.165) is 11.5 Å². The summed E-state index contributed by atoms with van der Waals surface area (Å²) in [5.41, 5.74) is 1.14. The van der Waals surface area contributed by atoms with Gasteiger partial charge in [0.2, 0.25) is 0 Å². The lowest BCUT2D eigenvalue weighted by Gasteiger charge is -2.10. The third-order valence-corrected chi connectivity index (χ3v) is 4.03. The number of rotatable bonds is 3. The van der Waals surface area contributed by atoms with Crippen LogP contribution in [0.2, 0.25) is 0 Å². The number of para-hydroxylation sites is 1. The molecule has 1 aromatic carbocycles. The molecule has 0 radical (unpaired) electrons. The van der Waals surface area contributed by atoms with E-state index in [9.17, 15) is 0 Å². The van der Waals surface area contributed by atoms with Gasteiger partial charge < -0.3 is 0 Å². The average molecular weight is 263 g/mol. The monoisotopic (exact) mass is 263 g/mol. The van der Waals surface area contributed by atoms with E-state index in [1.807, 2.05) is 6.07 Å². The number of nitrogens with one attached hydrogen (secondary N) is 1. The Balaban J connectivity index is 2.20. The van der Waals surface area contributed by atoms with E-state index in [1.54, 1.807) is 11.8 Å². The summed E-state index contributed by atoms with van der Waals surface area (Å²) in [7, 11) is 0. The molecule has 3 rings (SSSR count). The topological polar surface area (TPSA) is 33.6 Å². The Hall–Kier alpha value is -1.07. The minimum Gasteiger partial charge on any atom is -0.271 e. The Bertz CT molecular complexity index is 596. The molecule has 2 aromatic rings. The third-order valence-electron chi connectivity index (χ3n) is 2.97. The van der Waals surface area contributed by atoms with Crippen molar-refractivity contribution in [2.24, 2.45) is 0 Å². The molecule has 17 heavy (non-hydrogen) atoms. The molecular weight excluding hydrogens is 250 g/mol. The van der Waals surface area contributed by atoms with Crippen molar-refractivity contribution in [2.45, 2.75) is 23.7 Å². The summed E-state index contributed by atoms with van der Waals surface area (Å²) in [6.07, 6.45) is 4.53. The van der Waals surface area contributed by atoms with E-state index in [0.29, 0.717) is 10.7 Å². The molecule has 1 fully saturated rings. The molecule has 0 amide bonds. The fourth-order valence-corrected chi connectivity index (χ4v) is 2.79. The molecule has 1 heterocycles. The lowest BCUT2D eigenvalue weighted by atomic mass is 10.3. The Kier molecular flexibility index (Phi) is 2.80. The van der Waals surface area contributed by atoms with Crippen molar-refractivity contribution in [2.75, 3.05) is 6.26 Å². The van der Waals surface area contributed by atoms with E-state index >= 15 is 0 Å². The third kappa shape index (κ3) is 1.93. The summed E-state index contributed by atoms with van der Waals surface area (Å²) < 4.78 is 2.77. The molecule has 5 heteroatoms. The highest BCUT2D eigenvalue weighted by Gasteiger charge is 2.29. The molecule has 3 nitrogen and oxygen atoms in total. The molecule has 1 aliphatic rings. The number of hydrogen-bond acceptors (Lipinski definition) is 3. The van der Waals surface area contributed by atoms with Gasteiger partial charge in [0, 0.05) is 10.8 Å². The van der Waals surface area contributed by atoms with Crippen molar-refractivity contribution < 1.29 is 0 Å². The summed E-state index contributed by atoms with van der Waals surface area (Å²) in [5.74, 6) is 1.66. The summed E-state index contributed by atoms with van der Waals surface area (Å²) >= 11 is 7.08. The summed E-state index contributed by atoms with van der Waals surface area (Å²) in [6.45, 7) is 0. The first-order valence-electron chi connectivity index (χ1n) is 5.62.